The van der Waals surface area contributed by atoms with Crippen LogP contribution in [0.15, 0.2) is 53.5 Å². The van der Waals surface area contributed by atoms with Crippen LogP contribution < -0.4 is 15.4 Å². The molecule has 1 aliphatic heterocycles. The third-order valence-corrected chi connectivity index (χ3v) is 7.14. The largest absolute Gasteiger partial charge is 0.496 e. The standard InChI is InChI=1S/C31H33FN4O5/c1-17(37)14-33-15-24-26(32)12-20(13-28(24)41-5)21-8-6-9-22(18(21)2)23-10-7-11-27(19(23)3)35-29(38)25-16-34-31(40)36(4)30(25)39/h6-13,16-17,25,33,37H,14-15H2,1-5H3,(H,35,38)/t17-,25?/m1/s1. The van der Waals surface area contributed by atoms with E-state index >= 15 is 4.39 Å². The summed E-state index contributed by atoms with van der Waals surface area (Å²) < 4.78 is 20.8. The minimum Gasteiger partial charge on any atom is -0.496 e. The Kier molecular flexibility index (Phi) is 8.95. The van der Waals surface area contributed by atoms with Gasteiger partial charge in [0.2, 0.25) is 11.8 Å². The maximum Gasteiger partial charge on any atom is 0.349 e. The first-order valence-corrected chi connectivity index (χ1v) is 13.1. The average molecular weight is 561 g/mol. The van der Waals surface area contributed by atoms with Crippen LogP contribution in [-0.4, -0.2) is 60.9 Å². The van der Waals surface area contributed by atoms with Crippen LogP contribution in [0.3, 0.4) is 0 Å². The maximum atomic E-state index is 15.3. The number of hydrogen-bond acceptors (Lipinski definition) is 6. The molecule has 0 bridgehead atoms. The minimum atomic E-state index is -1.21. The second-order valence-corrected chi connectivity index (χ2v) is 10.00. The van der Waals surface area contributed by atoms with Gasteiger partial charge in [-0.05, 0) is 72.4 Å². The van der Waals surface area contributed by atoms with Crippen LogP contribution >= 0.6 is 0 Å². The van der Waals surface area contributed by atoms with Crippen LogP contribution in [-0.2, 0) is 16.1 Å². The van der Waals surface area contributed by atoms with Crippen molar-refractivity contribution in [2.45, 2.75) is 33.4 Å². The van der Waals surface area contributed by atoms with Crippen LogP contribution in [0.5, 0.6) is 5.75 Å². The Morgan fingerprint density at radius 1 is 1.10 bits per heavy atom. The number of hydrogen-bond donors (Lipinski definition) is 3. The predicted octanol–water partition coefficient (Wildman–Crippen LogP) is 4.47. The summed E-state index contributed by atoms with van der Waals surface area (Å²) in [5, 5.41) is 15.3. The highest BCUT2D eigenvalue weighted by atomic mass is 19.1. The summed E-state index contributed by atoms with van der Waals surface area (Å²) in [6, 6.07) is 13.8. The second kappa shape index (κ2) is 12.4. The normalized spacial score (nSPS) is 15.7. The lowest BCUT2D eigenvalue weighted by atomic mass is 9.90. The second-order valence-electron chi connectivity index (χ2n) is 10.00. The minimum absolute atomic E-state index is 0.210. The van der Waals surface area contributed by atoms with Crippen LogP contribution in [0.1, 0.15) is 23.6 Å². The van der Waals surface area contributed by atoms with Crippen molar-refractivity contribution in [3.05, 3.63) is 71.0 Å². The van der Waals surface area contributed by atoms with Gasteiger partial charge in [0.15, 0.2) is 5.92 Å². The third kappa shape index (κ3) is 6.18. The Bertz CT molecular complexity index is 1540. The van der Waals surface area contributed by atoms with E-state index in [1.807, 2.05) is 38.1 Å². The summed E-state index contributed by atoms with van der Waals surface area (Å²) >= 11 is 0. The summed E-state index contributed by atoms with van der Waals surface area (Å²) in [4.78, 5) is 41.4. The predicted molar refractivity (Wildman–Crippen MR) is 155 cm³/mol. The number of rotatable bonds is 9. The first-order valence-electron chi connectivity index (χ1n) is 13.1. The molecule has 4 amide bonds. The summed E-state index contributed by atoms with van der Waals surface area (Å²) in [5.74, 6) is -2.46. The van der Waals surface area contributed by atoms with Gasteiger partial charge in [-0.15, -0.1) is 0 Å². The van der Waals surface area contributed by atoms with E-state index < -0.39 is 35.7 Å². The van der Waals surface area contributed by atoms with Crippen LogP contribution in [0.2, 0.25) is 0 Å². The van der Waals surface area contributed by atoms with Crippen molar-refractivity contribution in [2.75, 3.05) is 26.0 Å². The number of imide groups is 1. The van der Waals surface area contributed by atoms with Gasteiger partial charge in [-0.2, -0.15) is 0 Å². The number of aliphatic imine (C=N–C) groups is 1. The van der Waals surface area contributed by atoms with E-state index in [0.29, 0.717) is 29.1 Å². The molecule has 0 radical (unpaired) electrons. The van der Waals surface area contributed by atoms with Crippen molar-refractivity contribution < 1.29 is 28.6 Å². The number of carbonyl (C=O) groups excluding carboxylic acids is 3. The SMILES string of the molecule is COc1cc(-c2cccc(-c3cccc(NC(=O)C4C=NC(=O)N(C)C4=O)c3C)c2C)cc(F)c1CNC[C@@H](C)O. The van der Waals surface area contributed by atoms with Crippen LogP contribution in [0, 0.1) is 25.6 Å². The number of nitrogens with one attached hydrogen (secondary N) is 2. The molecule has 0 spiro atoms. The molecule has 0 fully saturated rings. The molecule has 3 aromatic carbocycles. The lowest BCUT2D eigenvalue weighted by Gasteiger charge is -2.22. The number of ether oxygens (including phenoxy) is 1. The highest BCUT2D eigenvalue weighted by molar-refractivity contribution is 6.23. The highest BCUT2D eigenvalue weighted by Crippen LogP contribution is 2.37. The Morgan fingerprint density at radius 3 is 2.44 bits per heavy atom. The fourth-order valence-corrected chi connectivity index (χ4v) is 4.81. The number of amides is 4. The molecule has 41 heavy (non-hydrogen) atoms. The Hall–Kier alpha value is -4.41. The van der Waals surface area contributed by atoms with Crippen molar-refractivity contribution in [3.63, 3.8) is 0 Å². The lowest BCUT2D eigenvalue weighted by Crippen LogP contribution is -2.45. The van der Waals surface area contributed by atoms with Crippen molar-refractivity contribution >= 4 is 29.7 Å². The number of nitrogens with zero attached hydrogens (tertiary/aromatic N) is 2. The summed E-state index contributed by atoms with van der Waals surface area (Å²) in [7, 11) is 2.78. The number of urea groups is 1. The molecular formula is C31H33FN4O5. The Labute approximate surface area is 238 Å². The molecule has 0 saturated heterocycles. The van der Waals surface area contributed by atoms with Gasteiger partial charge in [0.25, 0.3) is 0 Å². The quantitative estimate of drug-likeness (QED) is 0.332. The van der Waals surface area contributed by atoms with Gasteiger partial charge in [0, 0.05) is 37.6 Å². The summed E-state index contributed by atoms with van der Waals surface area (Å²) in [6.07, 6.45) is 0.509. The Morgan fingerprint density at radius 2 is 1.76 bits per heavy atom. The first-order chi connectivity index (χ1) is 19.5. The van der Waals surface area contributed by atoms with Gasteiger partial charge in [0.1, 0.15) is 11.6 Å². The van der Waals surface area contributed by atoms with Gasteiger partial charge in [0.05, 0.1) is 13.2 Å². The van der Waals surface area contributed by atoms with Crippen molar-refractivity contribution in [1.29, 1.82) is 0 Å². The van der Waals surface area contributed by atoms with Crippen molar-refractivity contribution in [1.82, 2.24) is 10.2 Å². The van der Waals surface area contributed by atoms with Crippen LogP contribution in [0.4, 0.5) is 14.9 Å². The fourth-order valence-electron chi connectivity index (χ4n) is 4.81. The molecule has 9 nitrogen and oxygen atoms in total. The number of halogens is 1. The zero-order valence-electron chi connectivity index (χ0n) is 23.6. The smallest absolute Gasteiger partial charge is 0.349 e. The highest BCUT2D eigenvalue weighted by Gasteiger charge is 2.34. The fraction of sp³-hybridized carbons (Fsp3) is 0.290. The van der Waals surface area contributed by atoms with E-state index in [2.05, 4.69) is 15.6 Å². The van der Waals surface area contributed by atoms with Gasteiger partial charge in [-0.3, -0.25) is 14.5 Å². The number of benzene rings is 3. The molecule has 3 aromatic rings. The van der Waals surface area contributed by atoms with Crippen LogP contribution in [0.25, 0.3) is 22.3 Å². The number of carbonyl (C=O) groups is 3. The molecule has 0 saturated carbocycles. The van der Waals surface area contributed by atoms with Gasteiger partial charge in [-0.25, -0.2) is 14.2 Å². The Balaban J connectivity index is 1.66. The molecule has 3 N–H and O–H groups in total. The molecule has 2 atom stereocenters. The van der Waals surface area contributed by atoms with Gasteiger partial charge < -0.3 is 20.5 Å². The van der Waals surface area contributed by atoms with Crippen molar-refractivity contribution in [3.8, 4) is 28.0 Å². The number of aliphatic hydroxyl groups excluding tert-OH is 1. The van der Waals surface area contributed by atoms with E-state index in [1.165, 1.54) is 20.2 Å². The molecule has 10 heteroatoms. The van der Waals surface area contributed by atoms with Gasteiger partial charge in [-0.1, -0.05) is 30.3 Å². The van der Waals surface area contributed by atoms with E-state index in [-0.39, 0.29) is 6.54 Å². The van der Waals surface area contributed by atoms with Crippen molar-refractivity contribution in [2.24, 2.45) is 10.9 Å². The molecule has 4 rings (SSSR count). The zero-order valence-corrected chi connectivity index (χ0v) is 23.6. The molecule has 1 unspecified atom stereocenters. The van der Waals surface area contributed by atoms with Gasteiger partial charge >= 0.3 is 6.03 Å². The van der Waals surface area contributed by atoms with E-state index in [9.17, 15) is 19.5 Å². The maximum absolute atomic E-state index is 15.3. The molecule has 1 heterocycles. The average Bonchev–Trinajstić information content (AvgIpc) is 2.93. The lowest BCUT2D eigenvalue weighted by molar-refractivity contribution is -0.134. The summed E-state index contributed by atoms with van der Waals surface area (Å²) in [5.41, 5.74) is 5.76. The van der Waals surface area contributed by atoms with E-state index in [4.69, 9.17) is 4.74 Å². The topological polar surface area (TPSA) is 120 Å². The number of anilines is 1. The van der Waals surface area contributed by atoms with E-state index in [1.54, 1.807) is 25.1 Å². The number of methoxy groups -OCH3 is 1. The molecular weight excluding hydrogens is 527 g/mol. The zero-order chi connectivity index (χ0) is 29.8. The third-order valence-electron chi connectivity index (χ3n) is 7.14. The first kappa shape index (κ1) is 29.6. The van der Waals surface area contributed by atoms with E-state index in [0.717, 1.165) is 38.9 Å². The molecule has 214 valence electrons. The molecule has 1 aliphatic rings. The summed E-state index contributed by atoms with van der Waals surface area (Å²) in [6.45, 7) is 6.00. The molecule has 0 aromatic heterocycles. The monoisotopic (exact) mass is 560 g/mol. The number of aliphatic hydroxyl groups is 1. The molecule has 0 aliphatic carbocycles.